The number of amides is 1. The predicted octanol–water partition coefficient (Wildman–Crippen LogP) is 1.88. The van der Waals surface area contributed by atoms with Crippen LogP contribution in [0.1, 0.15) is 19.3 Å². The van der Waals surface area contributed by atoms with E-state index in [4.69, 9.17) is 11.5 Å². The van der Waals surface area contributed by atoms with E-state index in [-0.39, 0.29) is 5.91 Å². The number of unbranched alkanes of at least 4 members (excludes halogenated alkanes) is 1. The van der Waals surface area contributed by atoms with Gasteiger partial charge < -0.3 is 16.8 Å². The number of carbonyl (C=O) groups is 1. The molecule has 0 saturated heterocycles. The van der Waals surface area contributed by atoms with Crippen LogP contribution in [-0.2, 0) is 4.79 Å². The Morgan fingerprint density at radius 3 is 2.84 bits per heavy atom. The number of primary amides is 1. The zero-order chi connectivity index (χ0) is 13.7. The molecule has 5 heteroatoms. The van der Waals surface area contributed by atoms with Crippen LogP contribution in [0.2, 0.25) is 0 Å². The van der Waals surface area contributed by atoms with Crippen molar-refractivity contribution < 1.29 is 4.79 Å². The van der Waals surface area contributed by atoms with E-state index in [9.17, 15) is 4.79 Å². The molecule has 0 atom stereocenters. The second-order valence-electron chi connectivity index (χ2n) is 4.47. The van der Waals surface area contributed by atoms with E-state index < -0.39 is 0 Å². The predicted molar refractivity (Wildman–Crippen MR) is 77.7 cm³/mol. The molecular formula is C14H18N4O. The zero-order valence-electron chi connectivity index (χ0n) is 10.7. The summed E-state index contributed by atoms with van der Waals surface area (Å²) in [6, 6.07) is 5.78. The molecule has 1 amide bonds. The van der Waals surface area contributed by atoms with Crippen LogP contribution in [0.3, 0.4) is 0 Å². The average molecular weight is 258 g/mol. The zero-order valence-corrected chi connectivity index (χ0v) is 10.7. The van der Waals surface area contributed by atoms with Gasteiger partial charge in [-0.3, -0.25) is 9.78 Å². The number of nitrogens with one attached hydrogen (secondary N) is 1. The minimum atomic E-state index is -0.246. The number of pyridine rings is 1. The van der Waals surface area contributed by atoms with Gasteiger partial charge >= 0.3 is 0 Å². The Balaban J connectivity index is 2.01. The number of hydrogen-bond donors (Lipinski definition) is 3. The van der Waals surface area contributed by atoms with Crippen LogP contribution >= 0.6 is 0 Å². The van der Waals surface area contributed by atoms with Gasteiger partial charge in [0.05, 0.1) is 0 Å². The number of nitrogens with two attached hydrogens (primary N) is 2. The van der Waals surface area contributed by atoms with Gasteiger partial charge in [-0.1, -0.05) is 0 Å². The molecule has 5 nitrogen and oxygen atoms in total. The van der Waals surface area contributed by atoms with E-state index in [1.807, 2.05) is 18.2 Å². The number of anilines is 2. The molecule has 0 radical (unpaired) electrons. The summed E-state index contributed by atoms with van der Waals surface area (Å²) in [6.45, 7) is 0.800. The minimum absolute atomic E-state index is 0.246. The highest BCUT2D eigenvalue weighted by Gasteiger charge is 2.03. The first-order valence-corrected chi connectivity index (χ1v) is 6.33. The molecule has 100 valence electrons. The second-order valence-corrected chi connectivity index (χ2v) is 4.47. The van der Waals surface area contributed by atoms with Crippen LogP contribution in [0.15, 0.2) is 30.6 Å². The largest absolute Gasteiger partial charge is 0.398 e. The number of rotatable bonds is 6. The van der Waals surface area contributed by atoms with Gasteiger partial charge in [-0.2, -0.15) is 0 Å². The third-order valence-corrected chi connectivity index (χ3v) is 3.02. The van der Waals surface area contributed by atoms with Crippen molar-refractivity contribution in [1.29, 1.82) is 0 Å². The van der Waals surface area contributed by atoms with Crippen molar-refractivity contribution in [3.05, 3.63) is 30.6 Å². The fourth-order valence-electron chi connectivity index (χ4n) is 2.01. The molecule has 0 unspecified atom stereocenters. The number of carbonyl (C=O) groups excluding carboxylic acids is 1. The quantitative estimate of drug-likeness (QED) is 0.544. The molecule has 0 bridgehead atoms. The van der Waals surface area contributed by atoms with E-state index in [2.05, 4.69) is 10.3 Å². The number of nitrogen functional groups attached to an aromatic ring is 1. The maximum Gasteiger partial charge on any atom is 0.217 e. The van der Waals surface area contributed by atoms with Crippen LogP contribution in [0.5, 0.6) is 0 Å². The van der Waals surface area contributed by atoms with Crippen LogP contribution < -0.4 is 16.8 Å². The molecule has 0 aliphatic heterocycles. The number of nitrogens with zero attached hydrogens (tertiary/aromatic N) is 1. The van der Waals surface area contributed by atoms with Crippen LogP contribution in [0, 0.1) is 0 Å². The van der Waals surface area contributed by atoms with Gasteiger partial charge in [0.25, 0.3) is 0 Å². The van der Waals surface area contributed by atoms with Gasteiger partial charge in [-0.15, -0.1) is 0 Å². The van der Waals surface area contributed by atoms with Gasteiger partial charge in [0.2, 0.25) is 5.91 Å². The van der Waals surface area contributed by atoms with E-state index >= 15 is 0 Å². The lowest BCUT2D eigenvalue weighted by molar-refractivity contribution is -0.118. The molecule has 1 heterocycles. The van der Waals surface area contributed by atoms with Gasteiger partial charge in [0.15, 0.2) is 0 Å². The van der Waals surface area contributed by atoms with Crippen molar-refractivity contribution in [3.8, 4) is 0 Å². The normalized spacial score (nSPS) is 10.5. The highest BCUT2D eigenvalue weighted by Crippen LogP contribution is 2.27. The number of hydrogen-bond acceptors (Lipinski definition) is 4. The lowest BCUT2D eigenvalue weighted by Crippen LogP contribution is -2.11. The molecule has 2 rings (SSSR count). The molecule has 5 N–H and O–H groups in total. The van der Waals surface area contributed by atoms with Crippen LogP contribution in [0.4, 0.5) is 11.4 Å². The molecule has 0 spiro atoms. The lowest BCUT2D eigenvalue weighted by atomic mass is 10.1. The Morgan fingerprint density at radius 1 is 1.21 bits per heavy atom. The van der Waals surface area contributed by atoms with E-state index in [0.717, 1.165) is 41.5 Å². The Kier molecular flexibility index (Phi) is 4.18. The first-order chi connectivity index (χ1) is 9.18. The summed E-state index contributed by atoms with van der Waals surface area (Å²) in [5.74, 6) is -0.246. The third-order valence-electron chi connectivity index (χ3n) is 3.02. The second kappa shape index (κ2) is 6.04. The van der Waals surface area contributed by atoms with Gasteiger partial charge in [-0.05, 0) is 31.0 Å². The average Bonchev–Trinajstić information content (AvgIpc) is 2.41. The molecule has 2 aromatic rings. The van der Waals surface area contributed by atoms with Gasteiger partial charge in [0.1, 0.15) is 0 Å². The molecule has 1 aromatic carbocycles. The number of aromatic nitrogens is 1. The summed E-state index contributed by atoms with van der Waals surface area (Å²) < 4.78 is 0. The Labute approximate surface area is 112 Å². The topological polar surface area (TPSA) is 94.0 Å². The maximum atomic E-state index is 10.6. The van der Waals surface area contributed by atoms with Crippen molar-refractivity contribution in [3.63, 3.8) is 0 Å². The molecule has 0 aliphatic rings. The molecule has 0 saturated carbocycles. The molecular weight excluding hydrogens is 240 g/mol. The first-order valence-electron chi connectivity index (χ1n) is 6.33. The first kappa shape index (κ1) is 13.1. The summed E-state index contributed by atoms with van der Waals surface area (Å²) in [7, 11) is 0. The van der Waals surface area contributed by atoms with Gasteiger partial charge in [0, 0.05) is 47.5 Å². The summed E-state index contributed by atoms with van der Waals surface area (Å²) in [5.41, 5.74) is 12.8. The van der Waals surface area contributed by atoms with E-state index in [1.165, 1.54) is 0 Å². The van der Waals surface area contributed by atoms with Crippen molar-refractivity contribution in [1.82, 2.24) is 4.98 Å². The molecule has 1 aromatic heterocycles. The van der Waals surface area contributed by atoms with Crippen LogP contribution in [0.25, 0.3) is 10.8 Å². The minimum Gasteiger partial charge on any atom is -0.398 e. The highest BCUT2D eigenvalue weighted by atomic mass is 16.1. The third kappa shape index (κ3) is 3.34. The van der Waals surface area contributed by atoms with Crippen molar-refractivity contribution in [2.45, 2.75) is 19.3 Å². The fraction of sp³-hybridized carbons (Fsp3) is 0.286. The summed E-state index contributed by atoms with van der Waals surface area (Å²) in [4.78, 5) is 14.7. The molecule has 19 heavy (non-hydrogen) atoms. The monoisotopic (exact) mass is 258 g/mol. The number of benzene rings is 1. The Hall–Kier alpha value is -2.30. The van der Waals surface area contributed by atoms with Crippen molar-refractivity contribution in [2.75, 3.05) is 17.6 Å². The Bertz CT molecular complexity index is 583. The fourth-order valence-corrected chi connectivity index (χ4v) is 2.01. The maximum absolute atomic E-state index is 10.6. The van der Waals surface area contributed by atoms with Crippen LogP contribution in [-0.4, -0.2) is 17.4 Å². The van der Waals surface area contributed by atoms with E-state index in [0.29, 0.717) is 6.42 Å². The smallest absolute Gasteiger partial charge is 0.217 e. The van der Waals surface area contributed by atoms with Gasteiger partial charge in [-0.25, -0.2) is 0 Å². The standard InChI is InChI=1S/C14H18N4O/c15-12-4-5-13(10-6-8-17-9-11(10)12)18-7-2-1-3-14(16)19/h4-6,8-9,18H,1-3,7,15H2,(H2,16,19). The summed E-state index contributed by atoms with van der Waals surface area (Å²) in [5, 5.41) is 5.36. The Morgan fingerprint density at radius 2 is 2.05 bits per heavy atom. The van der Waals surface area contributed by atoms with E-state index in [1.54, 1.807) is 12.4 Å². The lowest BCUT2D eigenvalue weighted by Gasteiger charge is -2.10. The van der Waals surface area contributed by atoms with Crippen molar-refractivity contribution >= 4 is 28.1 Å². The molecule has 0 aliphatic carbocycles. The summed E-state index contributed by atoms with van der Waals surface area (Å²) >= 11 is 0. The molecule has 0 fully saturated rings. The SMILES string of the molecule is NC(=O)CCCCNc1ccc(N)c2cnccc12. The van der Waals surface area contributed by atoms with Crippen molar-refractivity contribution in [2.24, 2.45) is 5.73 Å². The highest BCUT2D eigenvalue weighted by molar-refractivity contribution is 6.00. The summed E-state index contributed by atoms with van der Waals surface area (Å²) in [6.07, 6.45) is 5.66. The number of fused-ring (bicyclic) bond motifs is 1.